The first-order valence-electron chi connectivity index (χ1n) is 15.7. The number of ether oxygens (including phenoxy) is 2. The molecule has 0 saturated carbocycles. The van der Waals surface area contributed by atoms with E-state index in [1.165, 1.54) is 14.2 Å². The fourth-order valence-corrected chi connectivity index (χ4v) is 5.28. The smallest absolute Gasteiger partial charge is 0.223 e. The van der Waals surface area contributed by atoms with Gasteiger partial charge in [0.25, 0.3) is 0 Å². The summed E-state index contributed by atoms with van der Waals surface area (Å²) in [4.78, 5) is 25.1. The first-order valence-corrected chi connectivity index (χ1v) is 15.7. The number of rotatable bonds is 12. The fraction of sp³-hybridized carbons (Fsp3) is 0.333. The molecule has 0 spiro atoms. The zero-order valence-electron chi connectivity index (χ0n) is 29.9. The molecule has 244 valence electrons. The molecular formula is C42H52O4. The number of Topliss-reactive ketones (excluding diaryl/α,β-unsaturated/α-hetero) is 2. The second-order valence-corrected chi connectivity index (χ2v) is 13.0. The molecule has 2 aliphatic rings. The molecule has 4 heteroatoms. The van der Waals surface area contributed by atoms with Crippen molar-refractivity contribution in [3.8, 4) is 0 Å². The highest BCUT2D eigenvalue weighted by Gasteiger charge is 2.32. The van der Waals surface area contributed by atoms with E-state index in [1.807, 2.05) is 88.5 Å². The molecule has 0 aromatic carbocycles. The van der Waals surface area contributed by atoms with E-state index in [2.05, 4.69) is 78.0 Å². The normalized spacial score (nSPS) is 20.3. The van der Waals surface area contributed by atoms with Crippen LogP contribution in [0.5, 0.6) is 0 Å². The van der Waals surface area contributed by atoms with Crippen molar-refractivity contribution in [1.29, 1.82) is 0 Å². The van der Waals surface area contributed by atoms with Crippen molar-refractivity contribution < 1.29 is 19.1 Å². The van der Waals surface area contributed by atoms with Gasteiger partial charge in [-0.25, -0.2) is 0 Å². The highest BCUT2D eigenvalue weighted by molar-refractivity contribution is 6.09. The maximum absolute atomic E-state index is 12.5. The summed E-state index contributed by atoms with van der Waals surface area (Å²) in [6, 6.07) is 0. The largest absolute Gasteiger partial charge is 0.493 e. The standard InChI is InChI=1S/C42H52O4/c1-29(19-15-21-31(3)23-25-35-33(5)39(43)37(45-11)27-41(35,7)8)17-13-14-18-30(2)20-16-22-32(4)24-26-36-34(6)40(44)38(46-12)28-42(36,9)10/h13-28H,1-12H3. The average molecular weight is 621 g/mol. The van der Waals surface area contributed by atoms with Crippen molar-refractivity contribution >= 4 is 11.6 Å². The van der Waals surface area contributed by atoms with E-state index < -0.39 is 0 Å². The van der Waals surface area contributed by atoms with E-state index in [4.69, 9.17) is 9.47 Å². The first-order chi connectivity index (χ1) is 21.5. The van der Waals surface area contributed by atoms with Gasteiger partial charge in [0.15, 0.2) is 11.5 Å². The number of hydrogen-bond acceptors (Lipinski definition) is 4. The van der Waals surface area contributed by atoms with Gasteiger partial charge in [-0.3, -0.25) is 9.59 Å². The van der Waals surface area contributed by atoms with Gasteiger partial charge in [-0.15, -0.1) is 0 Å². The highest BCUT2D eigenvalue weighted by Crippen LogP contribution is 2.39. The lowest BCUT2D eigenvalue weighted by atomic mass is 9.76. The number of hydrogen-bond donors (Lipinski definition) is 0. The van der Waals surface area contributed by atoms with Crippen LogP contribution in [0.3, 0.4) is 0 Å². The van der Waals surface area contributed by atoms with Crippen LogP contribution in [0, 0.1) is 10.8 Å². The summed E-state index contributed by atoms with van der Waals surface area (Å²) in [5.41, 5.74) is 7.34. The maximum Gasteiger partial charge on any atom is 0.223 e. The van der Waals surface area contributed by atoms with Gasteiger partial charge >= 0.3 is 0 Å². The van der Waals surface area contributed by atoms with Crippen molar-refractivity contribution in [2.45, 2.75) is 69.2 Å². The Hall–Kier alpha value is -4.44. The lowest BCUT2D eigenvalue weighted by molar-refractivity contribution is -0.116. The van der Waals surface area contributed by atoms with Crippen LogP contribution in [0.4, 0.5) is 0 Å². The fourth-order valence-electron chi connectivity index (χ4n) is 5.28. The molecule has 0 atom stereocenters. The summed E-state index contributed by atoms with van der Waals surface area (Å²) in [6.07, 6.45) is 32.5. The molecule has 4 nitrogen and oxygen atoms in total. The Bertz CT molecular complexity index is 1490. The Labute approximate surface area is 277 Å². The third-order valence-electron chi connectivity index (χ3n) is 8.04. The predicted octanol–water partition coefficient (Wildman–Crippen LogP) is 10.5. The number of carbonyl (C=O) groups is 2. The van der Waals surface area contributed by atoms with Crippen LogP contribution in [0.1, 0.15) is 69.2 Å². The quantitative estimate of drug-likeness (QED) is 0.204. The molecule has 0 fully saturated rings. The Morgan fingerprint density at radius 3 is 1.17 bits per heavy atom. The van der Waals surface area contributed by atoms with Gasteiger partial charge in [0.05, 0.1) is 14.2 Å². The Morgan fingerprint density at radius 2 is 0.848 bits per heavy atom. The van der Waals surface area contributed by atoms with E-state index in [1.54, 1.807) is 0 Å². The molecule has 0 amide bonds. The van der Waals surface area contributed by atoms with Crippen molar-refractivity contribution in [3.63, 3.8) is 0 Å². The number of carbonyl (C=O) groups excluding carboxylic acids is 2. The summed E-state index contributed by atoms with van der Waals surface area (Å²) in [5, 5.41) is 0. The molecule has 0 N–H and O–H groups in total. The second-order valence-electron chi connectivity index (χ2n) is 13.0. The minimum atomic E-state index is -0.280. The molecule has 2 aliphatic carbocycles. The molecule has 0 unspecified atom stereocenters. The van der Waals surface area contributed by atoms with Crippen LogP contribution in [-0.2, 0) is 19.1 Å². The van der Waals surface area contributed by atoms with Crippen molar-refractivity contribution in [1.82, 2.24) is 0 Å². The van der Waals surface area contributed by atoms with E-state index in [0.717, 1.165) is 44.6 Å². The minimum Gasteiger partial charge on any atom is -0.493 e. The molecule has 46 heavy (non-hydrogen) atoms. The van der Waals surface area contributed by atoms with Crippen LogP contribution in [0.2, 0.25) is 0 Å². The topological polar surface area (TPSA) is 52.6 Å². The third kappa shape index (κ3) is 10.6. The summed E-state index contributed by atoms with van der Waals surface area (Å²) in [6.45, 7) is 20.3. The Kier molecular flexibility index (Phi) is 13.7. The molecule has 0 heterocycles. The zero-order valence-corrected chi connectivity index (χ0v) is 29.9. The summed E-state index contributed by atoms with van der Waals surface area (Å²) in [7, 11) is 3.08. The SMILES string of the molecule is COC1=CC(C)(C)C(C=CC(C)=CC=CC(C)=CC=CC=C(C)C=CC=C(C)C=CC2=C(C)C(=O)C(OC)=CC2(C)C)=C(C)C1=O. The van der Waals surface area contributed by atoms with Crippen molar-refractivity contribution in [3.05, 3.63) is 153 Å². The molecule has 0 aromatic rings. The van der Waals surface area contributed by atoms with Crippen LogP contribution >= 0.6 is 0 Å². The summed E-state index contributed by atoms with van der Waals surface area (Å²) in [5.74, 6) is 0.711. The highest BCUT2D eigenvalue weighted by atomic mass is 16.5. The lowest BCUT2D eigenvalue weighted by Crippen LogP contribution is -2.23. The number of allylic oxidation sites excluding steroid dienone is 24. The predicted molar refractivity (Wildman–Crippen MR) is 194 cm³/mol. The van der Waals surface area contributed by atoms with Gasteiger partial charge < -0.3 is 9.47 Å². The first kappa shape index (κ1) is 37.7. The molecular weight excluding hydrogens is 568 g/mol. The van der Waals surface area contributed by atoms with Crippen molar-refractivity contribution in [2.24, 2.45) is 10.8 Å². The minimum absolute atomic E-state index is 0.0549. The Balaban J connectivity index is 1.96. The van der Waals surface area contributed by atoms with Gasteiger partial charge in [-0.1, -0.05) is 135 Å². The number of ketones is 2. The van der Waals surface area contributed by atoms with E-state index in [9.17, 15) is 9.59 Å². The van der Waals surface area contributed by atoms with Crippen LogP contribution in [0.25, 0.3) is 0 Å². The van der Waals surface area contributed by atoms with Gasteiger partial charge in [-0.2, -0.15) is 0 Å². The summed E-state index contributed by atoms with van der Waals surface area (Å²) < 4.78 is 10.5. The third-order valence-corrected chi connectivity index (χ3v) is 8.04. The lowest BCUT2D eigenvalue weighted by Gasteiger charge is -2.29. The van der Waals surface area contributed by atoms with Crippen molar-refractivity contribution in [2.75, 3.05) is 14.2 Å². The van der Waals surface area contributed by atoms with Gasteiger partial charge in [-0.05, 0) is 64.8 Å². The van der Waals surface area contributed by atoms with Gasteiger partial charge in [0.1, 0.15) is 0 Å². The molecule has 0 aromatic heterocycles. The number of methoxy groups -OCH3 is 2. The van der Waals surface area contributed by atoms with E-state index in [-0.39, 0.29) is 22.4 Å². The van der Waals surface area contributed by atoms with Crippen LogP contribution < -0.4 is 0 Å². The van der Waals surface area contributed by atoms with E-state index in [0.29, 0.717) is 11.5 Å². The second kappa shape index (κ2) is 16.7. The van der Waals surface area contributed by atoms with Gasteiger partial charge in [0.2, 0.25) is 11.6 Å². The molecule has 0 saturated heterocycles. The molecule has 2 rings (SSSR count). The molecule has 0 aliphatic heterocycles. The summed E-state index contributed by atoms with van der Waals surface area (Å²) >= 11 is 0. The Morgan fingerprint density at radius 1 is 0.543 bits per heavy atom. The molecule has 0 bridgehead atoms. The monoisotopic (exact) mass is 620 g/mol. The van der Waals surface area contributed by atoms with E-state index >= 15 is 0 Å². The van der Waals surface area contributed by atoms with Crippen LogP contribution in [-0.4, -0.2) is 25.8 Å². The van der Waals surface area contributed by atoms with Gasteiger partial charge in [0, 0.05) is 22.0 Å². The zero-order chi connectivity index (χ0) is 34.7. The van der Waals surface area contributed by atoms with Crippen LogP contribution in [0.15, 0.2) is 153 Å². The maximum atomic E-state index is 12.5. The molecule has 0 radical (unpaired) electrons. The average Bonchev–Trinajstić information content (AvgIpc) is 2.98.